The van der Waals surface area contributed by atoms with Crippen molar-refractivity contribution in [1.29, 1.82) is 0 Å². The van der Waals surface area contributed by atoms with Crippen molar-refractivity contribution in [2.45, 2.75) is 13.8 Å². The molecule has 3 aromatic rings. The SMILES string of the molecule is CCOc1ccc(N2C(=O)/C(=C/c3ccc(OCC(=O)Nc4ccc(C)cc4)c(Cl)c3)SC2=S)cc1. The molecule has 1 aliphatic rings. The summed E-state index contributed by atoms with van der Waals surface area (Å²) in [5.41, 5.74) is 3.19. The predicted octanol–water partition coefficient (Wildman–Crippen LogP) is 6.47. The van der Waals surface area contributed by atoms with Crippen LogP contribution in [0.4, 0.5) is 11.4 Å². The smallest absolute Gasteiger partial charge is 0.270 e. The summed E-state index contributed by atoms with van der Waals surface area (Å²) in [6.07, 6.45) is 1.73. The van der Waals surface area contributed by atoms with Crippen LogP contribution in [0.25, 0.3) is 6.08 Å². The van der Waals surface area contributed by atoms with Crippen LogP contribution in [0.15, 0.2) is 71.6 Å². The summed E-state index contributed by atoms with van der Waals surface area (Å²) in [6.45, 7) is 4.27. The molecule has 1 N–H and O–H groups in total. The Morgan fingerprint density at radius 2 is 1.81 bits per heavy atom. The molecule has 9 heteroatoms. The van der Waals surface area contributed by atoms with E-state index in [0.29, 0.717) is 43.5 Å². The van der Waals surface area contributed by atoms with Crippen molar-refractivity contribution in [3.8, 4) is 11.5 Å². The number of thiocarbonyl (C=S) groups is 1. The summed E-state index contributed by atoms with van der Waals surface area (Å²) in [6, 6.07) is 19.8. The van der Waals surface area contributed by atoms with E-state index in [9.17, 15) is 9.59 Å². The van der Waals surface area contributed by atoms with E-state index in [1.807, 2.05) is 38.1 Å². The number of nitrogens with zero attached hydrogens (tertiary/aromatic N) is 1. The topological polar surface area (TPSA) is 67.9 Å². The molecule has 4 rings (SSSR count). The Morgan fingerprint density at radius 3 is 2.47 bits per heavy atom. The van der Waals surface area contributed by atoms with Gasteiger partial charge in [0.2, 0.25) is 0 Å². The lowest BCUT2D eigenvalue weighted by Gasteiger charge is -2.15. The van der Waals surface area contributed by atoms with Crippen LogP contribution in [0.5, 0.6) is 11.5 Å². The monoisotopic (exact) mass is 538 g/mol. The van der Waals surface area contributed by atoms with E-state index in [1.165, 1.54) is 16.7 Å². The van der Waals surface area contributed by atoms with Gasteiger partial charge >= 0.3 is 0 Å². The number of nitrogens with one attached hydrogen (secondary N) is 1. The number of thioether (sulfide) groups is 1. The zero-order chi connectivity index (χ0) is 25.7. The molecule has 0 aliphatic carbocycles. The Hall–Kier alpha value is -3.33. The lowest BCUT2D eigenvalue weighted by Crippen LogP contribution is -2.27. The molecule has 1 fully saturated rings. The average molecular weight is 539 g/mol. The number of ether oxygens (including phenoxy) is 2. The summed E-state index contributed by atoms with van der Waals surface area (Å²) >= 11 is 13.1. The fraction of sp³-hybridized carbons (Fsp3) is 0.148. The van der Waals surface area contributed by atoms with Gasteiger partial charge in [-0.3, -0.25) is 14.5 Å². The van der Waals surface area contributed by atoms with Crippen molar-refractivity contribution in [2.75, 3.05) is 23.4 Å². The van der Waals surface area contributed by atoms with Gasteiger partial charge in [0, 0.05) is 5.69 Å². The Balaban J connectivity index is 1.40. The summed E-state index contributed by atoms with van der Waals surface area (Å²) in [5.74, 6) is 0.594. The van der Waals surface area contributed by atoms with E-state index in [-0.39, 0.29) is 18.4 Å². The van der Waals surface area contributed by atoms with Crippen molar-refractivity contribution >= 4 is 69.2 Å². The number of carbonyl (C=O) groups is 2. The minimum absolute atomic E-state index is 0.187. The molecule has 0 atom stereocenters. The standard InChI is InChI=1S/C27H23ClN2O4S2/c1-3-33-21-11-9-20(10-12-21)30-26(32)24(36-27(30)35)15-18-6-13-23(22(28)14-18)34-16-25(31)29-19-7-4-17(2)5-8-19/h4-15H,3,16H2,1-2H3,(H,29,31)/b24-15-. The second-order valence-electron chi connectivity index (χ2n) is 7.84. The molecule has 0 saturated carbocycles. The van der Waals surface area contributed by atoms with Crippen LogP contribution in [-0.4, -0.2) is 29.3 Å². The van der Waals surface area contributed by atoms with Crippen molar-refractivity contribution in [3.05, 3.63) is 87.8 Å². The molecule has 184 valence electrons. The summed E-state index contributed by atoms with van der Waals surface area (Å²) in [7, 11) is 0. The Labute approximate surface area is 224 Å². The first-order chi connectivity index (χ1) is 17.3. The number of benzene rings is 3. The highest BCUT2D eigenvalue weighted by molar-refractivity contribution is 8.27. The highest BCUT2D eigenvalue weighted by atomic mass is 35.5. The number of anilines is 2. The fourth-order valence-corrected chi connectivity index (χ4v) is 4.94. The second kappa shape index (κ2) is 11.6. The molecule has 0 bridgehead atoms. The molecule has 6 nitrogen and oxygen atoms in total. The minimum Gasteiger partial charge on any atom is -0.494 e. The number of aryl methyl sites for hydroxylation is 1. The van der Waals surface area contributed by atoms with Crippen LogP contribution in [0.2, 0.25) is 5.02 Å². The zero-order valence-corrected chi connectivity index (χ0v) is 22.0. The minimum atomic E-state index is -0.294. The summed E-state index contributed by atoms with van der Waals surface area (Å²) < 4.78 is 11.5. The molecule has 0 aromatic heterocycles. The molecule has 3 aromatic carbocycles. The lowest BCUT2D eigenvalue weighted by atomic mass is 10.2. The molecule has 1 aliphatic heterocycles. The lowest BCUT2D eigenvalue weighted by molar-refractivity contribution is -0.118. The maximum atomic E-state index is 13.0. The number of rotatable bonds is 8. The van der Waals surface area contributed by atoms with Gasteiger partial charge in [-0.2, -0.15) is 0 Å². The van der Waals surface area contributed by atoms with Gasteiger partial charge in [-0.05, 0) is 74.0 Å². The molecular formula is C27H23ClN2O4S2. The van der Waals surface area contributed by atoms with Crippen molar-refractivity contribution in [2.24, 2.45) is 0 Å². The van der Waals surface area contributed by atoms with Crippen molar-refractivity contribution < 1.29 is 19.1 Å². The third kappa shape index (κ3) is 6.26. The van der Waals surface area contributed by atoms with E-state index in [1.54, 1.807) is 48.5 Å². The Bertz CT molecular complexity index is 1320. The molecular weight excluding hydrogens is 516 g/mol. The van der Waals surface area contributed by atoms with E-state index >= 15 is 0 Å². The van der Waals surface area contributed by atoms with Crippen molar-refractivity contribution in [1.82, 2.24) is 0 Å². The number of carbonyl (C=O) groups excluding carboxylic acids is 2. The molecule has 0 spiro atoms. The van der Waals surface area contributed by atoms with Crippen LogP contribution < -0.4 is 19.7 Å². The van der Waals surface area contributed by atoms with Crippen LogP contribution >= 0.6 is 35.6 Å². The Kier molecular flexibility index (Phi) is 8.30. The van der Waals surface area contributed by atoms with Crippen LogP contribution in [-0.2, 0) is 9.59 Å². The van der Waals surface area contributed by atoms with Gasteiger partial charge in [-0.25, -0.2) is 0 Å². The zero-order valence-electron chi connectivity index (χ0n) is 19.6. The predicted molar refractivity (Wildman–Crippen MR) is 150 cm³/mol. The first-order valence-corrected chi connectivity index (χ1v) is 12.7. The van der Waals surface area contributed by atoms with Gasteiger partial charge in [0.05, 0.1) is 22.2 Å². The van der Waals surface area contributed by atoms with Crippen molar-refractivity contribution in [3.63, 3.8) is 0 Å². The molecule has 1 saturated heterocycles. The molecule has 36 heavy (non-hydrogen) atoms. The van der Waals surface area contributed by atoms with E-state index < -0.39 is 0 Å². The number of hydrogen-bond donors (Lipinski definition) is 1. The summed E-state index contributed by atoms with van der Waals surface area (Å²) in [4.78, 5) is 27.2. The molecule has 2 amide bonds. The third-order valence-electron chi connectivity index (χ3n) is 5.15. The van der Waals surface area contributed by atoms with E-state index in [0.717, 1.165) is 11.3 Å². The number of amides is 2. The van der Waals surface area contributed by atoms with Gasteiger partial charge < -0.3 is 14.8 Å². The molecule has 0 radical (unpaired) electrons. The quantitative estimate of drug-likeness (QED) is 0.262. The Morgan fingerprint density at radius 1 is 1.08 bits per heavy atom. The first kappa shape index (κ1) is 25.8. The van der Waals surface area contributed by atoms with Crippen LogP contribution in [0.3, 0.4) is 0 Å². The summed E-state index contributed by atoms with van der Waals surface area (Å²) in [5, 5.41) is 3.10. The number of hydrogen-bond acceptors (Lipinski definition) is 6. The maximum Gasteiger partial charge on any atom is 0.270 e. The normalized spacial score (nSPS) is 14.3. The average Bonchev–Trinajstić information content (AvgIpc) is 3.13. The fourth-order valence-electron chi connectivity index (χ4n) is 3.40. The number of halogens is 1. The van der Waals surface area contributed by atoms with Gasteiger partial charge in [-0.15, -0.1) is 0 Å². The maximum absolute atomic E-state index is 13.0. The van der Waals surface area contributed by atoms with E-state index in [2.05, 4.69) is 5.32 Å². The van der Waals surface area contributed by atoms with Crippen LogP contribution in [0, 0.1) is 6.92 Å². The highest BCUT2D eigenvalue weighted by Gasteiger charge is 2.33. The largest absolute Gasteiger partial charge is 0.494 e. The third-order valence-corrected chi connectivity index (χ3v) is 6.74. The highest BCUT2D eigenvalue weighted by Crippen LogP contribution is 2.37. The van der Waals surface area contributed by atoms with Crippen LogP contribution in [0.1, 0.15) is 18.1 Å². The van der Waals surface area contributed by atoms with Gasteiger partial charge in [0.1, 0.15) is 11.5 Å². The van der Waals surface area contributed by atoms with E-state index in [4.69, 9.17) is 33.3 Å². The van der Waals surface area contributed by atoms with Gasteiger partial charge in [-0.1, -0.05) is 59.3 Å². The second-order valence-corrected chi connectivity index (χ2v) is 9.92. The van der Waals surface area contributed by atoms with Gasteiger partial charge in [0.25, 0.3) is 11.8 Å². The molecule has 0 unspecified atom stereocenters. The first-order valence-electron chi connectivity index (χ1n) is 11.1. The van der Waals surface area contributed by atoms with Gasteiger partial charge in [0.15, 0.2) is 10.9 Å². The molecule has 1 heterocycles.